The predicted octanol–water partition coefficient (Wildman–Crippen LogP) is 3.83. The lowest BCUT2D eigenvalue weighted by Crippen LogP contribution is -2.43. The first-order valence-corrected chi connectivity index (χ1v) is 8.57. The van der Waals surface area contributed by atoms with Gasteiger partial charge in [-0.25, -0.2) is 0 Å². The number of rotatable bonds is 5. The van der Waals surface area contributed by atoms with E-state index in [1.165, 1.54) is 12.0 Å². The second-order valence-electron chi connectivity index (χ2n) is 6.98. The first-order valence-electron chi connectivity index (χ1n) is 8.57. The Kier molecular flexibility index (Phi) is 4.37. The van der Waals surface area contributed by atoms with Crippen LogP contribution in [-0.4, -0.2) is 24.8 Å². The van der Waals surface area contributed by atoms with Crippen molar-refractivity contribution in [2.45, 2.75) is 58.3 Å². The Morgan fingerprint density at radius 3 is 2.43 bits per heavy atom. The maximum Gasteiger partial charge on any atom is 0.0597 e. The number of ether oxygens (including phenoxy) is 1. The van der Waals surface area contributed by atoms with Gasteiger partial charge in [0.1, 0.15) is 0 Å². The Bertz CT molecular complexity index is 460. The van der Waals surface area contributed by atoms with Gasteiger partial charge < -0.3 is 10.1 Å². The van der Waals surface area contributed by atoms with Crippen LogP contribution in [0.2, 0.25) is 0 Å². The molecular weight excluding hydrogens is 258 g/mol. The largest absolute Gasteiger partial charge is 0.375 e. The van der Waals surface area contributed by atoms with E-state index in [4.69, 9.17) is 4.74 Å². The molecule has 0 aromatic heterocycles. The highest BCUT2D eigenvalue weighted by Gasteiger charge is 2.51. The van der Waals surface area contributed by atoms with Gasteiger partial charge in [0.05, 0.1) is 12.2 Å². The molecule has 1 heterocycles. The topological polar surface area (TPSA) is 21.3 Å². The number of benzene rings is 1. The van der Waals surface area contributed by atoms with Crippen LogP contribution < -0.4 is 5.32 Å². The lowest BCUT2D eigenvalue weighted by atomic mass is 9.80. The minimum absolute atomic E-state index is 0.371. The van der Waals surface area contributed by atoms with E-state index in [0.29, 0.717) is 30.1 Å². The van der Waals surface area contributed by atoms with Crippen molar-refractivity contribution in [2.75, 3.05) is 6.54 Å². The normalized spacial score (nSPS) is 40.2. The highest BCUT2D eigenvalue weighted by Crippen LogP contribution is 2.53. The molecule has 2 nitrogen and oxygen atoms in total. The first-order chi connectivity index (χ1) is 10.1. The van der Waals surface area contributed by atoms with Gasteiger partial charge >= 0.3 is 0 Å². The molecule has 2 aliphatic rings. The molecule has 7 unspecified atom stereocenters. The summed E-state index contributed by atoms with van der Waals surface area (Å²) in [5.74, 6) is 2.79. The molecule has 3 rings (SSSR count). The Balaban J connectivity index is 1.74. The zero-order valence-corrected chi connectivity index (χ0v) is 13.8. The molecule has 1 aromatic rings. The lowest BCUT2D eigenvalue weighted by molar-refractivity contribution is 0.0465. The molecular formula is C19H29NO. The fourth-order valence-corrected chi connectivity index (χ4v) is 4.42. The van der Waals surface area contributed by atoms with E-state index in [-0.39, 0.29) is 0 Å². The molecule has 2 heteroatoms. The zero-order chi connectivity index (χ0) is 15.0. The van der Waals surface area contributed by atoms with Crippen LogP contribution in [-0.2, 0) is 4.74 Å². The monoisotopic (exact) mass is 287 g/mol. The third kappa shape index (κ3) is 2.89. The summed E-state index contributed by atoms with van der Waals surface area (Å²) in [5.41, 5.74) is 1.51. The van der Waals surface area contributed by atoms with Crippen molar-refractivity contribution in [1.82, 2.24) is 5.32 Å². The van der Waals surface area contributed by atoms with Crippen LogP contribution in [0, 0.1) is 17.8 Å². The SMILES string of the molecule is CCNC(C1CC1c1ccccc1)C1C(C)OC(C)C1C. The van der Waals surface area contributed by atoms with Crippen molar-refractivity contribution in [1.29, 1.82) is 0 Å². The quantitative estimate of drug-likeness (QED) is 0.888. The smallest absolute Gasteiger partial charge is 0.0597 e. The van der Waals surface area contributed by atoms with Gasteiger partial charge in [-0.05, 0) is 50.1 Å². The third-order valence-electron chi connectivity index (χ3n) is 5.70. The van der Waals surface area contributed by atoms with Gasteiger partial charge in [-0.15, -0.1) is 0 Å². The Morgan fingerprint density at radius 1 is 1.14 bits per heavy atom. The van der Waals surface area contributed by atoms with E-state index >= 15 is 0 Å². The molecule has 1 aromatic carbocycles. The summed E-state index contributed by atoms with van der Waals surface area (Å²) in [6, 6.07) is 11.6. The number of nitrogens with one attached hydrogen (secondary N) is 1. The fourth-order valence-electron chi connectivity index (χ4n) is 4.42. The fraction of sp³-hybridized carbons (Fsp3) is 0.684. The van der Waals surface area contributed by atoms with E-state index in [1.54, 1.807) is 0 Å². The molecule has 1 saturated heterocycles. The molecule has 2 fully saturated rings. The molecule has 1 N–H and O–H groups in total. The van der Waals surface area contributed by atoms with E-state index < -0.39 is 0 Å². The molecule has 1 saturated carbocycles. The second-order valence-corrected chi connectivity index (χ2v) is 6.98. The number of hydrogen-bond acceptors (Lipinski definition) is 2. The standard InChI is InChI=1S/C19H29NO/c1-5-20-19(18-12(2)13(3)21-14(18)4)17-11-16(17)15-9-7-6-8-10-15/h6-10,12-14,16-20H,5,11H2,1-4H3. The molecule has 0 spiro atoms. The van der Waals surface area contributed by atoms with Gasteiger partial charge in [-0.3, -0.25) is 0 Å². The highest BCUT2D eigenvalue weighted by atomic mass is 16.5. The van der Waals surface area contributed by atoms with Crippen LogP contribution in [0.25, 0.3) is 0 Å². The molecule has 0 amide bonds. The molecule has 21 heavy (non-hydrogen) atoms. The van der Waals surface area contributed by atoms with Gasteiger partial charge in [0.25, 0.3) is 0 Å². The Hall–Kier alpha value is -0.860. The molecule has 1 aliphatic carbocycles. The van der Waals surface area contributed by atoms with E-state index in [9.17, 15) is 0 Å². The van der Waals surface area contributed by atoms with E-state index in [1.807, 2.05) is 0 Å². The van der Waals surface area contributed by atoms with E-state index in [2.05, 4.69) is 63.3 Å². The summed E-state index contributed by atoms with van der Waals surface area (Å²) in [6.07, 6.45) is 2.09. The number of hydrogen-bond donors (Lipinski definition) is 1. The summed E-state index contributed by atoms with van der Waals surface area (Å²) < 4.78 is 6.09. The van der Waals surface area contributed by atoms with Crippen LogP contribution in [0.4, 0.5) is 0 Å². The minimum Gasteiger partial charge on any atom is -0.375 e. The molecule has 116 valence electrons. The van der Waals surface area contributed by atoms with Crippen LogP contribution in [0.15, 0.2) is 30.3 Å². The maximum absolute atomic E-state index is 6.09. The van der Waals surface area contributed by atoms with Crippen molar-refractivity contribution in [3.63, 3.8) is 0 Å². The van der Waals surface area contributed by atoms with Crippen LogP contribution in [0.5, 0.6) is 0 Å². The van der Waals surface area contributed by atoms with Crippen molar-refractivity contribution < 1.29 is 4.74 Å². The molecule has 7 atom stereocenters. The van der Waals surface area contributed by atoms with Crippen molar-refractivity contribution in [3.8, 4) is 0 Å². The van der Waals surface area contributed by atoms with Crippen LogP contribution in [0.3, 0.4) is 0 Å². The van der Waals surface area contributed by atoms with Crippen LogP contribution >= 0.6 is 0 Å². The average Bonchev–Trinajstić information content (AvgIpc) is 3.23. The lowest BCUT2D eigenvalue weighted by Gasteiger charge is -2.30. The van der Waals surface area contributed by atoms with Gasteiger partial charge in [0, 0.05) is 12.0 Å². The molecule has 0 radical (unpaired) electrons. The zero-order valence-electron chi connectivity index (χ0n) is 13.8. The average molecular weight is 287 g/mol. The molecule has 1 aliphatic heterocycles. The second kappa shape index (κ2) is 6.10. The molecule has 0 bridgehead atoms. The highest BCUT2D eigenvalue weighted by molar-refractivity contribution is 5.27. The first kappa shape index (κ1) is 15.1. The maximum atomic E-state index is 6.09. The predicted molar refractivity (Wildman–Crippen MR) is 87.4 cm³/mol. The van der Waals surface area contributed by atoms with E-state index in [0.717, 1.165) is 18.4 Å². The Morgan fingerprint density at radius 2 is 1.86 bits per heavy atom. The summed E-state index contributed by atoms with van der Waals surface area (Å²) in [5, 5.41) is 3.79. The third-order valence-corrected chi connectivity index (χ3v) is 5.70. The van der Waals surface area contributed by atoms with Crippen molar-refractivity contribution in [3.05, 3.63) is 35.9 Å². The van der Waals surface area contributed by atoms with Crippen molar-refractivity contribution >= 4 is 0 Å². The van der Waals surface area contributed by atoms with Crippen molar-refractivity contribution in [2.24, 2.45) is 17.8 Å². The van der Waals surface area contributed by atoms with Crippen LogP contribution in [0.1, 0.15) is 45.6 Å². The summed E-state index contributed by atoms with van der Waals surface area (Å²) in [4.78, 5) is 0. The Labute approximate surface area is 129 Å². The van der Waals surface area contributed by atoms with Gasteiger partial charge in [0.15, 0.2) is 0 Å². The minimum atomic E-state index is 0.371. The van der Waals surface area contributed by atoms with Gasteiger partial charge in [-0.2, -0.15) is 0 Å². The summed E-state index contributed by atoms with van der Waals surface area (Å²) in [7, 11) is 0. The summed E-state index contributed by atoms with van der Waals surface area (Å²) >= 11 is 0. The van der Waals surface area contributed by atoms with Gasteiger partial charge in [-0.1, -0.05) is 44.2 Å². The van der Waals surface area contributed by atoms with Gasteiger partial charge in [0.2, 0.25) is 0 Å². The summed E-state index contributed by atoms with van der Waals surface area (Å²) in [6.45, 7) is 10.1.